The third kappa shape index (κ3) is 3.94. The van der Waals surface area contributed by atoms with E-state index in [1.54, 1.807) is 6.08 Å². The van der Waals surface area contributed by atoms with Gasteiger partial charge in [-0.05, 0) is 6.07 Å². The van der Waals surface area contributed by atoms with E-state index in [1.807, 2.05) is 24.3 Å². The number of carbonyl (C=O) groups is 1. The second-order valence-electron chi connectivity index (χ2n) is 3.83. The van der Waals surface area contributed by atoms with Gasteiger partial charge in [0.25, 0.3) is 0 Å². The molecule has 0 saturated carbocycles. The Bertz CT molecular complexity index is 614. The monoisotopic (exact) mass is 352 g/mol. The molecular formula is C13H13BrN4OS. The number of nitrogens with one attached hydrogen (secondary N) is 2. The van der Waals surface area contributed by atoms with Gasteiger partial charge in [0.05, 0.1) is 5.75 Å². The maximum Gasteiger partial charge on any atom is 0.230 e. The molecule has 0 saturated heterocycles. The van der Waals surface area contributed by atoms with Crippen LogP contribution in [0.2, 0.25) is 0 Å². The zero-order chi connectivity index (χ0) is 14.4. The van der Waals surface area contributed by atoms with Gasteiger partial charge in [0.2, 0.25) is 11.1 Å². The maximum absolute atomic E-state index is 11.5. The van der Waals surface area contributed by atoms with Crippen molar-refractivity contribution in [1.29, 1.82) is 0 Å². The van der Waals surface area contributed by atoms with Crippen molar-refractivity contribution in [3.63, 3.8) is 0 Å². The molecule has 0 atom stereocenters. The van der Waals surface area contributed by atoms with E-state index >= 15 is 0 Å². The lowest BCUT2D eigenvalue weighted by Gasteiger charge is -1.99. The third-order valence-electron chi connectivity index (χ3n) is 2.37. The van der Waals surface area contributed by atoms with Crippen molar-refractivity contribution in [1.82, 2.24) is 20.5 Å². The van der Waals surface area contributed by atoms with Crippen LogP contribution in [0.25, 0.3) is 11.4 Å². The highest BCUT2D eigenvalue weighted by molar-refractivity contribution is 9.10. The molecule has 2 aromatic rings. The SMILES string of the molecule is C=CCNC(=O)CSc1n[nH]c(-c2ccccc2Br)n1. The fourth-order valence-corrected chi connectivity index (χ4v) is 2.55. The van der Waals surface area contributed by atoms with Gasteiger partial charge in [-0.25, -0.2) is 4.98 Å². The zero-order valence-electron chi connectivity index (χ0n) is 10.6. The van der Waals surface area contributed by atoms with Crippen molar-refractivity contribution in [2.75, 3.05) is 12.3 Å². The minimum absolute atomic E-state index is 0.0675. The Morgan fingerprint density at radius 3 is 3.05 bits per heavy atom. The van der Waals surface area contributed by atoms with Crippen molar-refractivity contribution >= 4 is 33.6 Å². The van der Waals surface area contributed by atoms with Crippen LogP contribution < -0.4 is 5.32 Å². The molecule has 1 aromatic heterocycles. The summed E-state index contributed by atoms with van der Waals surface area (Å²) in [6.07, 6.45) is 1.64. The highest BCUT2D eigenvalue weighted by atomic mass is 79.9. The molecule has 7 heteroatoms. The summed E-state index contributed by atoms with van der Waals surface area (Å²) < 4.78 is 0.941. The molecular weight excluding hydrogens is 340 g/mol. The minimum atomic E-state index is -0.0675. The summed E-state index contributed by atoms with van der Waals surface area (Å²) in [6, 6.07) is 7.74. The van der Waals surface area contributed by atoms with Crippen LogP contribution in [0.5, 0.6) is 0 Å². The predicted molar refractivity (Wildman–Crippen MR) is 83.4 cm³/mol. The van der Waals surface area contributed by atoms with Gasteiger partial charge in [-0.2, -0.15) is 0 Å². The van der Waals surface area contributed by atoms with E-state index in [4.69, 9.17) is 0 Å². The summed E-state index contributed by atoms with van der Waals surface area (Å²) in [6.45, 7) is 4.01. The lowest BCUT2D eigenvalue weighted by Crippen LogP contribution is -2.24. The quantitative estimate of drug-likeness (QED) is 0.619. The summed E-state index contributed by atoms with van der Waals surface area (Å²) in [5.74, 6) is 0.884. The number of carbonyl (C=O) groups excluding carboxylic acids is 1. The molecule has 104 valence electrons. The van der Waals surface area contributed by atoms with Crippen LogP contribution in [0, 0.1) is 0 Å². The number of hydrogen-bond donors (Lipinski definition) is 2. The summed E-state index contributed by atoms with van der Waals surface area (Å²) in [5.41, 5.74) is 0.933. The fourth-order valence-electron chi connectivity index (χ4n) is 1.45. The molecule has 0 spiro atoms. The first-order chi connectivity index (χ1) is 9.70. The van der Waals surface area contributed by atoms with Crippen LogP contribution in [0.4, 0.5) is 0 Å². The Labute approximate surface area is 129 Å². The maximum atomic E-state index is 11.5. The van der Waals surface area contributed by atoms with E-state index in [9.17, 15) is 4.79 Å². The lowest BCUT2D eigenvalue weighted by molar-refractivity contribution is -0.118. The molecule has 0 unspecified atom stereocenters. The average molecular weight is 353 g/mol. The van der Waals surface area contributed by atoms with Crippen LogP contribution >= 0.6 is 27.7 Å². The van der Waals surface area contributed by atoms with Gasteiger partial charge in [-0.3, -0.25) is 9.89 Å². The molecule has 0 fully saturated rings. The highest BCUT2D eigenvalue weighted by Crippen LogP contribution is 2.26. The first kappa shape index (κ1) is 14.8. The van der Waals surface area contributed by atoms with Gasteiger partial charge in [-0.1, -0.05) is 52.0 Å². The van der Waals surface area contributed by atoms with E-state index in [0.29, 0.717) is 17.5 Å². The summed E-state index contributed by atoms with van der Waals surface area (Å²) >= 11 is 4.75. The van der Waals surface area contributed by atoms with Gasteiger partial charge >= 0.3 is 0 Å². The molecule has 1 heterocycles. The van der Waals surface area contributed by atoms with Crippen molar-refractivity contribution in [3.05, 3.63) is 41.4 Å². The minimum Gasteiger partial charge on any atom is -0.352 e. The van der Waals surface area contributed by atoms with Crippen LogP contribution in [-0.2, 0) is 4.79 Å². The third-order valence-corrected chi connectivity index (χ3v) is 3.91. The molecule has 0 bridgehead atoms. The molecule has 2 N–H and O–H groups in total. The van der Waals surface area contributed by atoms with Gasteiger partial charge in [-0.15, -0.1) is 11.7 Å². The van der Waals surface area contributed by atoms with Crippen molar-refractivity contribution in [2.24, 2.45) is 0 Å². The van der Waals surface area contributed by atoms with E-state index < -0.39 is 0 Å². The molecule has 0 aliphatic heterocycles. The van der Waals surface area contributed by atoms with E-state index in [1.165, 1.54) is 11.8 Å². The van der Waals surface area contributed by atoms with Crippen LogP contribution in [0.3, 0.4) is 0 Å². The highest BCUT2D eigenvalue weighted by Gasteiger charge is 2.10. The number of aromatic nitrogens is 3. The number of nitrogens with zero attached hydrogens (tertiary/aromatic N) is 2. The predicted octanol–water partition coefficient (Wildman–Crippen LogP) is 2.63. The van der Waals surface area contributed by atoms with Crippen LogP contribution in [0.1, 0.15) is 0 Å². The number of hydrogen-bond acceptors (Lipinski definition) is 4. The van der Waals surface area contributed by atoms with E-state index in [0.717, 1.165) is 10.0 Å². The largest absolute Gasteiger partial charge is 0.352 e. The number of halogens is 1. The molecule has 20 heavy (non-hydrogen) atoms. The average Bonchev–Trinajstić information content (AvgIpc) is 2.92. The number of benzene rings is 1. The van der Waals surface area contributed by atoms with Crippen molar-refractivity contribution in [2.45, 2.75) is 5.16 Å². The molecule has 5 nitrogen and oxygen atoms in total. The normalized spacial score (nSPS) is 10.2. The second-order valence-corrected chi connectivity index (χ2v) is 5.62. The Kier molecular flexibility index (Phi) is 5.37. The number of aromatic amines is 1. The molecule has 0 radical (unpaired) electrons. The number of thioether (sulfide) groups is 1. The van der Waals surface area contributed by atoms with Crippen molar-refractivity contribution in [3.8, 4) is 11.4 Å². The molecule has 0 aliphatic rings. The van der Waals surface area contributed by atoms with Gasteiger partial charge in [0.1, 0.15) is 0 Å². The second kappa shape index (κ2) is 7.25. The standard InChI is InChI=1S/C13H13BrN4OS/c1-2-7-15-11(19)8-20-13-16-12(17-18-13)9-5-3-4-6-10(9)14/h2-6H,1,7-8H2,(H,15,19)(H,16,17,18). The van der Waals surface area contributed by atoms with Crippen LogP contribution in [0.15, 0.2) is 46.5 Å². The van der Waals surface area contributed by atoms with E-state index in [-0.39, 0.29) is 11.7 Å². The first-order valence-electron chi connectivity index (χ1n) is 5.88. The number of rotatable bonds is 6. The Morgan fingerprint density at radius 1 is 1.50 bits per heavy atom. The van der Waals surface area contributed by atoms with Crippen molar-refractivity contribution < 1.29 is 4.79 Å². The Hall–Kier alpha value is -1.60. The van der Waals surface area contributed by atoms with Gasteiger partial charge in [0.15, 0.2) is 5.82 Å². The van der Waals surface area contributed by atoms with Gasteiger partial charge in [0, 0.05) is 16.6 Å². The Balaban J connectivity index is 1.98. The molecule has 1 aromatic carbocycles. The van der Waals surface area contributed by atoms with Gasteiger partial charge < -0.3 is 5.32 Å². The molecule has 0 aliphatic carbocycles. The number of H-pyrrole nitrogens is 1. The summed E-state index contributed by atoms with van der Waals surface area (Å²) in [5, 5.41) is 10.2. The lowest BCUT2D eigenvalue weighted by atomic mass is 10.2. The molecule has 1 amide bonds. The fraction of sp³-hybridized carbons (Fsp3) is 0.154. The smallest absolute Gasteiger partial charge is 0.230 e. The van der Waals surface area contributed by atoms with Crippen LogP contribution in [-0.4, -0.2) is 33.4 Å². The molecule has 2 rings (SSSR count). The first-order valence-corrected chi connectivity index (χ1v) is 7.66. The zero-order valence-corrected chi connectivity index (χ0v) is 13.0. The Morgan fingerprint density at radius 2 is 2.30 bits per heavy atom. The summed E-state index contributed by atoms with van der Waals surface area (Å²) in [7, 11) is 0. The number of amides is 1. The summed E-state index contributed by atoms with van der Waals surface area (Å²) in [4.78, 5) is 15.8. The topological polar surface area (TPSA) is 70.7 Å². The van der Waals surface area contributed by atoms with E-state index in [2.05, 4.69) is 43.0 Å².